The molecule has 0 saturated carbocycles. The summed E-state index contributed by atoms with van der Waals surface area (Å²) in [5, 5.41) is 8.24. The van der Waals surface area contributed by atoms with Crippen LogP contribution in [0.4, 0.5) is 0 Å². The van der Waals surface area contributed by atoms with Crippen LogP contribution in [-0.2, 0) is 9.53 Å². The lowest BCUT2D eigenvalue weighted by molar-refractivity contribution is -0.146. The van der Waals surface area contributed by atoms with E-state index >= 15 is 0 Å². The second-order valence-corrected chi connectivity index (χ2v) is 2.00. The van der Waals surface area contributed by atoms with E-state index in [1.165, 1.54) is 6.92 Å². The molecule has 3 heteroatoms. The molecule has 0 aliphatic rings. The summed E-state index contributed by atoms with van der Waals surface area (Å²) in [7, 11) is 0. The van der Waals surface area contributed by atoms with Gasteiger partial charge in [-0.25, -0.2) is 0 Å². The molecule has 0 heterocycles. The van der Waals surface area contributed by atoms with Crippen molar-refractivity contribution in [2.75, 3.05) is 0 Å². The molecule has 1 atom stereocenters. The summed E-state index contributed by atoms with van der Waals surface area (Å²) < 4.78 is 4.78. The SMILES string of the molecule is CC[C@H](CC#N)OC(C)=O. The Bertz CT molecular complexity index is 148. The predicted octanol–water partition coefficient (Wildman–Crippen LogP) is 1.24. The summed E-state index contributed by atoms with van der Waals surface area (Å²) in [6.45, 7) is 3.23. The Morgan fingerprint density at radius 1 is 1.80 bits per heavy atom. The number of nitriles is 1. The van der Waals surface area contributed by atoms with Gasteiger partial charge in [-0.15, -0.1) is 0 Å². The molecule has 3 nitrogen and oxygen atoms in total. The fourth-order valence-electron chi connectivity index (χ4n) is 0.606. The molecule has 0 fully saturated rings. The zero-order valence-corrected chi connectivity index (χ0v) is 6.26. The summed E-state index contributed by atoms with van der Waals surface area (Å²) in [5.41, 5.74) is 0. The van der Waals surface area contributed by atoms with Crippen LogP contribution in [0, 0.1) is 11.3 Å². The summed E-state index contributed by atoms with van der Waals surface area (Å²) in [6, 6.07) is 1.95. The number of nitrogens with zero attached hydrogens (tertiary/aromatic N) is 1. The van der Waals surface area contributed by atoms with Crippen LogP contribution < -0.4 is 0 Å². The highest BCUT2D eigenvalue weighted by Gasteiger charge is 2.07. The molecule has 0 rings (SSSR count). The molecule has 10 heavy (non-hydrogen) atoms. The zero-order valence-electron chi connectivity index (χ0n) is 6.26. The monoisotopic (exact) mass is 141 g/mol. The molecule has 0 aliphatic carbocycles. The molecule has 0 saturated heterocycles. The van der Waals surface area contributed by atoms with Gasteiger partial charge < -0.3 is 4.74 Å². The van der Waals surface area contributed by atoms with E-state index in [1.807, 2.05) is 13.0 Å². The summed E-state index contributed by atoms with van der Waals surface area (Å²) in [4.78, 5) is 10.4. The van der Waals surface area contributed by atoms with E-state index in [0.29, 0.717) is 6.42 Å². The van der Waals surface area contributed by atoms with Gasteiger partial charge in [-0.05, 0) is 6.42 Å². The van der Waals surface area contributed by atoms with Crippen molar-refractivity contribution in [2.45, 2.75) is 32.8 Å². The molecule has 0 aromatic rings. The summed E-state index contributed by atoms with van der Waals surface area (Å²) >= 11 is 0. The Morgan fingerprint density at radius 3 is 2.70 bits per heavy atom. The van der Waals surface area contributed by atoms with Crippen LogP contribution in [0.1, 0.15) is 26.7 Å². The highest BCUT2D eigenvalue weighted by molar-refractivity contribution is 5.66. The molecule has 0 radical (unpaired) electrons. The van der Waals surface area contributed by atoms with Crippen LogP contribution in [0.3, 0.4) is 0 Å². The predicted molar refractivity (Wildman–Crippen MR) is 36.1 cm³/mol. The number of ether oxygens (including phenoxy) is 1. The zero-order chi connectivity index (χ0) is 7.98. The number of carbonyl (C=O) groups is 1. The number of hydrogen-bond acceptors (Lipinski definition) is 3. The fraction of sp³-hybridized carbons (Fsp3) is 0.714. The van der Waals surface area contributed by atoms with E-state index in [2.05, 4.69) is 0 Å². The third-order valence-corrected chi connectivity index (χ3v) is 1.11. The van der Waals surface area contributed by atoms with Crippen LogP contribution in [0.15, 0.2) is 0 Å². The van der Waals surface area contributed by atoms with Crippen molar-refractivity contribution in [1.29, 1.82) is 5.26 Å². The van der Waals surface area contributed by atoms with Crippen LogP contribution in [0.25, 0.3) is 0 Å². The Balaban J connectivity index is 3.62. The van der Waals surface area contributed by atoms with E-state index in [1.54, 1.807) is 0 Å². The van der Waals surface area contributed by atoms with Gasteiger partial charge in [-0.1, -0.05) is 6.92 Å². The van der Waals surface area contributed by atoms with Crippen molar-refractivity contribution in [3.63, 3.8) is 0 Å². The first-order valence-electron chi connectivity index (χ1n) is 3.24. The summed E-state index contributed by atoms with van der Waals surface area (Å²) in [5.74, 6) is -0.317. The van der Waals surface area contributed by atoms with E-state index < -0.39 is 0 Å². The molecule has 0 amide bonds. The minimum Gasteiger partial charge on any atom is -0.461 e. The molecular formula is C7H11NO2. The largest absolute Gasteiger partial charge is 0.461 e. The number of carbonyl (C=O) groups excluding carboxylic acids is 1. The smallest absolute Gasteiger partial charge is 0.302 e. The second kappa shape index (κ2) is 4.80. The number of rotatable bonds is 3. The highest BCUT2D eigenvalue weighted by Crippen LogP contribution is 2.01. The van der Waals surface area contributed by atoms with Gasteiger partial charge in [0.2, 0.25) is 0 Å². The lowest BCUT2D eigenvalue weighted by Gasteiger charge is -2.09. The van der Waals surface area contributed by atoms with Gasteiger partial charge in [0.1, 0.15) is 6.10 Å². The molecule has 0 unspecified atom stereocenters. The van der Waals surface area contributed by atoms with Crippen molar-refractivity contribution in [3.8, 4) is 6.07 Å². The molecule has 56 valence electrons. The van der Waals surface area contributed by atoms with Crippen molar-refractivity contribution >= 4 is 5.97 Å². The average molecular weight is 141 g/mol. The van der Waals surface area contributed by atoms with Crippen LogP contribution in [0.2, 0.25) is 0 Å². The number of esters is 1. The van der Waals surface area contributed by atoms with Gasteiger partial charge in [0, 0.05) is 6.92 Å². The first-order chi connectivity index (χ1) is 4.70. The topological polar surface area (TPSA) is 50.1 Å². The Hall–Kier alpha value is -1.04. The van der Waals surface area contributed by atoms with Crippen LogP contribution in [0.5, 0.6) is 0 Å². The van der Waals surface area contributed by atoms with Crippen molar-refractivity contribution in [1.82, 2.24) is 0 Å². The van der Waals surface area contributed by atoms with Crippen molar-refractivity contribution in [2.24, 2.45) is 0 Å². The average Bonchev–Trinajstić information content (AvgIpc) is 1.86. The maximum absolute atomic E-state index is 10.4. The Morgan fingerprint density at radius 2 is 2.40 bits per heavy atom. The maximum atomic E-state index is 10.4. The van der Waals surface area contributed by atoms with E-state index in [4.69, 9.17) is 10.00 Å². The molecule has 0 bridgehead atoms. The quantitative estimate of drug-likeness (QED) is 0.555. The van der Waals surface area contributed by atoms with E-state index in [9.17, 15) is 4.79 Å². The highest BCUT2D eigenvalue weighted by atomic mass is 16.5. The van der Waals surface area contributed by atoms with Crippen LogP contribution >= 0.6 is 0 Å². The maximum Gasteiger partial charge on any atom is 0.302 e. The van der Waals surface area contributed by atoms with Gasteiger partial charge in [-0.3, -0.25) is 4.79 Å². The van der Waals surface area contributed by atoms with Crippen molar-refractivity contribution < 1.29 is 9.53 Å². The Kier molecular flexibility index (Phi) is 4.30. The minimum absolute atomic E-state index is 0.220. The molecule has 0 aliphatic heterocycles. The molecular weight excluding hydrogens is 130 g/mol. The second-order valence-electron chi connectivity index (χ2n) is 2.00. The van der Waals surface area contributed by atoms with Gasteiger partial charge in [0.15, 0.2) is 0 Å². The molecule has 0 aromatic carbocycles. The summed E-state index contributed by atoms with van der Waals surface area (Å²) in [6.07, 6.45) is 0.769. The van der Waals surface area contributed by atoms with Crippen LogP contribution in [-0.4, -0.2) is 12.1 Å². The number of hydrogen-bond donors (Lipinski definition) is 0. The van der Waals surface area contributed by atoms with Gasteiger partial charge in [0.25, 0.3) is 0 Å². The third kappa shape index (κ3) is 3.90. The molecule has 0 N–H and O–H groups in total. The van der Waals surface area contributed by atoms with E-state index in [-0.39, 0.29) is 18.5 Å². The first kappa shape index (κ1) is 8.96. The third-order valence-electron chi connectivity index (χ3n) is 1.11. The van der Waals surface area contributed by atoms with Gasteiger partial charge in [-0.2, -0.15) is 5.26 Å². The molecule has 0 spiro atoms. The van der Waals surface area contributed by atoms with Crippen molar-refractivity contribution in [3.05, 3.63) is 0 Å². The minimum atomic E-state index is -0.317. The lowest BCUT2D eigenvalue weighted by Crippen LogP contribution is -2.14. The van der Waals surface area contributed by atoms with E-state index in [0.717, 1.165) is 0 Å². The van der Waals surface area contributed by atoms with Gasteiger partial charge in [0.05, 0.1) is 12.5 Å². The standard InChI is InChI=1S/C7H11NO2/c1-3-7(4-5-8)10-6(2)9/h7H,3-4H2,1-2H3/t7-/m1/s1. The fourth-order valence-corrected chi connectivity index (χ4v) is 0.606. The normalized spacial score (nSPS) is 11.7. The van der Waals surface area contributed by atoms with Gasteiger partial charge >= 0.3 is 5.97 Å². The lowest BCUT2D eigenvalue weighted by atomic mass is 10.2. The first-order valence-corrected chi connectivity index (χ1v) is 3.24. The molecule has 0 aromatic heterocycles. The Labute approximate surface area is 60.6 Å².